The number of thiophene rings is 1. The number of nitrogens with one attached hydrogen (secondary N) is 2. The molecule has 31 heavy (non-hydrogen) atoms. The second kappa shape index (κ2) is 8.56. The molecule has 0 spiro atoms. The summed E-state index contributed by atoms with van der Waals surface area (Å²) in [5.41, 5.74) is 2.94. The van der Waals surface area contributed by atoms with Crippen molar-refractivity contribution in [2.24, 2.45) is 0 Å². The van der Waals surface area contributed by atoms with Gasteiger partial charge in [-0.3, -0.25) is 20.4 Å². The van der Waals surface area contributed by atoms with Crippen LogP contribution in [0.4, 0.5) is 13.2 Å². The van der Waals surface area contributed by atoms with Crippen LogP contribution in [-0.2, 0) is 10.4 Å². The predicted molar refractivity (Wildman–Crippen MR) is 108 cm³/mol. The van der Waals surface area contributed by atoms with Gasteiger partial charge in [0.2, 0.25) is 11.5 Å². The van der Waals surface area contributed by atoms with Crippen molar-refractivity contribution >= 4 is 23.2 Å². The molecule has 0 bridgehead atoms. The summed E-state index contributed by atoms with van der Waals surface area (Å²) < 4.78 is 45.3. The van der Waals surface area contributed by atoms with Gasteiger partial charge in [-0.25, -0.2) is 0 Å². The number of hydrogen-bond acceptors (Lipinski definition) is 5. The number of carbonyl (C=O) groups is 2. The number of amides is 2. The summed E-state index contributed by atoms with van der Waals surface area (Å²) in [5.74, 6) is -2.59. The lowest BCUT2D eigenvalue weighted by atomic mass is 9.95. The molecular weight excluding hydrogens is 433 g/mol. The van der Waals surface area contributed by atoms with E-state index in [0.29, 0.717) is 5.56 Å². The number of aliphatic hydroxyl groups is 1. The molecule has 3 aromatic rings. The van der Waals surface area contributed by atoms with Gasteiger partial charge in [-0.15, -0.1) is 11.3 Å². The first-order valence-electron chi connectivity index (χ1n) is 9.11. The van der Waals surface area contributed by atoms with Crippen molar-refractivity contribution in [3.8, 4) is 11.1 Å². The molecule has 1 aromatic carbocycles. The number of carbonyl (C=O) groups excluding carboxylic acids is 2. The highest BCUT2D eigenvalue weighted by molar-refractivity contribution is 7.12. The lowest BCUT2D eigenvalue weighted by Gasteiger charge is -2.27. The molecule has 0 saturated heterocycles. The van der Waals surface area contributed by atoms with E-state index in [0.717, 1.165) is 28.5 Å². The second-order valence-corrected chi connectivity index (χ2v) is 7.89. The SMILES string of the molecule is Cc1ccc(-c2ccsc2C(=O)NNC(=O)C[C@@](O)(c2ccc(C)o2)C(F)(F)F)cc1. The van der Waals surface area contributed by atoms with Crippen LogP contribution in [0, 0.1) is 13.8 Å². The van der Waals surface area contributed by atoms with Crippen LogP contribution < -0.4 is 10.9 Å². The molecule has 2 heterocycles. The molecule has 0 aliphatic carbocycles. The summed E-state index contributed by atoms with van der Waals surface area (Å²) in [6.07, 6.45) is -6.57. The number of furan rings is 1. The monoisotopic (exact) mass is 452 g/mol. The van der Waals surface area contributed by atoms with Crippen LogP contribution in [0.5, 0.6) is 0 Å². The van der Waals surface area contributed by atoms with Crippen LogP contribution in [0.3, 0.4) is 0 Å². The minimum Gasteiger partial charge on any atom is -0.463 e. The van der Waals surface area contributed by atoms with Crippen LogP contribution in [0.25, 0.3) is 11.1 Å². The van der Waals surface area contributed by atoms with E-state index in [-0.39, 0.29) is 10.6 Å². The quantitative estimate of drug-likeness (QED) is 0.506. The first kappa shape index (κ1) is 22.6. The Balaban J connectivity index is 1.70. The minimum atomic E-state index is -5.18. The zero-order valence-electron chi connectivity index (χ0n) is 16.5. The Hall–Kier alpha value is -3.11. The van der Waals surface area contributed by atoms with E-state index in [9.17, 15) is 27.9 Å². The Labute approximate surface area is 179 Å². The van der Waals surface area contributed by atoms with Gasteiger partial charge in [-0.2, -0.15) is 13.2 Å². The maximum Gasteiger partial charge on any atom is 0.425 e. The Morgan fingerprint density at radius 3 is 2.29 bits per heavy atom. The standard InChI is InChI=1S/C21H19F3N2O4S/c1-12-3-6-14(7-4-12)15-9-10-31-18(15)19(28)26-25-17(27)11-20(29,21(22,23)24)16-8-5-13(2)30-16/h3-10,29H,11H2,1-2H3,(H,25,27)(H,26,28)/t20-/m1/s1. The van der Waals surface area contributed by atoms with Crippen molar-refractivity contribution in [2.45, 2.75) is 32.0 Å². The zero-order chi connectivity index (χ0) is 22.8. The lowest BCUT2D eigenvalue weighted by molar-refractivity contribution is -0.273. The van der Waals surface area contributed by atoms with Crippen molar-refractivity contribution in [3.05, 3.63) is 69.8 Å². The third-order valence-electron chi connectivity index (χ3n) is 4.58. The van der Waals surface area contributed by atoms with Crippen molar-refractivity contribution in [1.29, 1.82) is 0 Å². The predicted octanol–water partition coefficient (Wildman–Crippen LogP) is 4.23. The highest BCUT2D eigenvalue weighted by Gasteiger charge is 2.58. The maximum absolute atomic E-state index is 13.5. The van der Waals surface area contributed by atoms with Gasteiger partial charge in [-0.1, -0.05) is 29.8 Å². The fourth-order valence-corrected chi connectivity index (χ4v) is 3.70. The van der Waals surface area contributed by atoms with E-state index in [2.05, 4.69) is 5.43 Å². The number of aryl methyl sites for hydroxylation is 2. The minimum absolute atomic E-state index is 0.146. The second-order valence-electron chi connectivity index (χ2n) is 6.98. The number of halogens is 3. The van der Waals surface area contributed by atoms with Crippen molar-refractivity contribution < 1.29 is 32.3 Å². The molecule has 3 rings (SSSR count). The summed E-state index contributed by atoms with van der Waals surface area (Å²) in [7, 11) is 0. The molecule has 0 aliphatic rings. The summed E-state index contributed by atoms with van der Waals surface area (Å²) >= 11 is 1.12. The maximum atomic E-state index is 13.5. The average molecular weight is 452 g/mol. The van der Waals surface area contributed by atoms with E-state index in [4.69, 9.17) is 4.42 Å². The molecule has 164 valence electrons. The van der Waals surface area contributed by atoms with Gasteiger partial charge in [-0.05, 0) is 43.0 Å². The number of hydrogen-bond donors (Lipinski definition) is 3. The molecule has 0 aliphatic heterocycles. The molecule has 0 unspecified atom stereocenters. The van der Waals surface area contributed by atoms with E-state index >= 15 is 0 Å². The van der Waals surface area contributed by atoms with Crippen LogP contribution in [-0.4, -0.2) is 23.1 Å². The first-order valence-corrected chi connectivity index (χ1v) is 9.99. The van der Waals surface area contributed by atoms with Crippen LogP contribution in [0.1, 0.15) is 33.2 Å². The fourth-order valence-electron chi connectivity index (χ4n) is 2.89. The Morgan fingerprint density at radius 2 is 1.71 bits per heavy atom. The fraction of sp³-hybridized carbons (Fsp3) is 0.238. The summed E-state index contributed by atoms with van der Waals surface area (Å²) in [6.45, 7) is 3.33. The Morgan fingerprint density at radius 1 is 1.03 bits per heavy atom. The number of benzene rings is 1. The normalized spacial score (nSPS) is 13.5. The van der Waals surface area contributed by atoms with E-state index in [1.54, 1.807) is 11.4 Å². The molecule has 6 nitrogen and oxygen atoms in total. The van der Waals surface area contributed by atoms with Crippen LogP contribution in [0.15, 0.2) is 52.3 Å². The highest BCUT2D eigenvalue weighted by Crippen LogP contribution is 2.42. The third-order valence-corrected chi connectivity index (χ3v) is 5.50. The van der Waals surface area contributed by atoms with Gasteiger partial charge in [0.15, 0.2) is 0 Å². The van der Waals surface area contributed by atoms with Gasteiger partial charge in [0.05, 0.1) is 6.42 Å². The lowest BCUT2D eigenvalue weighted by Crippen LogP contribution is -2.49. The van der Waals surface area contributed by atoms with Crippen molar-refractivity contribution in [1.82, 2.24) is 10.9 Å². The van der Waals surface area contributed by atoms with Gasteiger partial charge in [0, 0.05) is 5.56 Å². The van der Waals surface area contributed by atoms with E-state index in [1.807, 2.05) is 36.6 Å². The molecule has 0 saturated carbocycles. The number of rotatable bonds is 5. The molecule has 10 heteroatoms. The van der Waals surface area contributed by atoms with Crippen LogP contribution >= 0.6 is 11.3 Å². The van der Waals surface area contributed by atoms with Gasteiger partial charge in [0.1, 0.15) is 16.4 Å². The molecule has 0 fully saturated rings. The molecular formula is C21H19F3N2O4S. The summed E-state index contributed by atoms with van der Waals surface area (Å²) in [6, 6.07) is 11.4. The largest absolute Gasteiger partial charge is 0.463 e. The molecule has 2 aromatic heterocycles. The molecule has 1 atom stereocenters. The Kier molecular flexibility index (Phi) is 6.23. The van der Waals surface area contributed by atoms with E-state index < -0.39 is 35.8 Å². The summed E-state index contributed by atoms with van der Waals surface area (Å²) in [5, 5.41) is 11.9. The Bertz CT molecular complexity index is 1090. The van der Waals surface area contributed by atoms with Crippen molar-refractivity contribution in [3.63, 3.8) is 0 Å². The van der Waals surface area contributed by atoms with Crippen LogP contribution in [0.2, 0.25) is 0 Å². The summed E-state index contributed by atoms with van der Waals surface area (Å²) in [4.78, 5) is 24.9. The van der Waals surface area contributed by atoms with E-state index in [1.165, 1.54) is 13.0 Å². The molecule has 0 radical (unpaired) electrons. The highest BCUT2D eigenvalue weighted by atomic mass is 32.1. The molecule has 3 N–H and O–H groups in total. The first-order chi connectivity index (χ1) is 14.5. The smallest absolute Gasteiger partial charge is 0.425 e. The molecule has 2 amide bonds. The van der Waals surface area contributed by atoms with Gasteiger partial charge >= 0.3 is 6.18 Å². The third kappa shape index (κ3) is 4.80. The van der Waals surface area contributed by atoms with Gasteiger partial charge in [0.25, 0.3) is 5.91 Å². The topological polar surface area (TPSA) is 91.6 Å². The zero-order valence-corrected chi connectivity index (χ0v) is 17.4. The average Bonchev–Trinajstić information content (AvgIpc) is 3.35. The number of alkyl halides is 3. The number of hydrazine groups is 1. The van der Waals surface area contributed by atoms with Crippen molar-refractivity contribution in [2.75, 3.05) is 0 Å². The van der Waals surface area contributed by atoms with Gasteiger partial charge < -0.3 is 9.52 Å².